The van der Waals surface area contributed by atoms with E-state index in [1.165, 1.54) is 6.07 Å². The van der Waals surface area contributed by atoms with E-state index in [9.17, 15) is 9.18 Å². The number of amides is 1. The smallest absolute Gasteiger partial charge is 0.251 e. The third kappa shape index (κ3) is 1.61. The maximum absolute atomic E-state index is 13.8. The highest BCUT2D eigenvalue weighted by Gasteiger charge is 2.12. The molecule has 0 aliphatic heterocycles. The van der Waals surface area contributed by atoms with Crippen molar-refractivity contribution in [3.63, 3.8) is 0 Å². The van der Waals surface area contributed by atoms with Crippen LogP contribution >= 0.6 is 0 Å². The molecule has 1 aromatic carbocycles. The Kier molecular flexibility index (Phi) is 2.25. The van der Waals surface area contributed by atoms with E-state index in [1.54, 1.807) is 41.2 Å². The summed E-state index contributed by atoms with van der Waals surface area (Å²) in [6.07, 6.45) is 3.40. The summed E-state index contributed by atoms with van der Waals surface area (Å²) in [5.41, 5.74) is 5.27. The average molecular weight is 204 g/mol. The number of nitrogens with two attached hydrogens (primary N) is 1. The highest BCUT2D eigenvalue weighted by molar-refractivity contribution is 5.93. The van der Waals surface area contributed by atoms with Crippen molar-refractivity contribution < 1.29 is 9.18 Å². The van der Waals surface area contributed by atoms with Crippen LogP contribution in [0.25, 0.3) is 5.69 Å². The van der Waals surface area contributed by atoms with Gasteiger partial charge in [0.05, 0.1) is 11.3 Å². The van der Waals surface area contributed by atoms with Crippen LogP contribution in [0.5, 0.6) is 0 Å². The maximum Gasteiger partial charge on any atom is 0.251 e. The molecule has 76 valence electrons. The SMILES string of the molecule is NC(=O)c1cccc(-n2cccc2)c1F. The first-order chi connectivity index (χ1) is 7.20. The second-order valence-electron chi connectivity index (χ2n) is 3.09. The quantitative estimate of drug-likeness (QED) is 0.795. The minimum Gasteiger partial charge on any atom is -0.366 e. The molecule has 15 heavy (non-hydrogen) atoms. The Morgan fingerprint density at radius 1 is 1.20 bits per heavy atom. The number of carbonyl (C=O) groups is 1. The van der Waals surface area contributed by atoms with Crippen molar-refractivity contribution in [3.8, 4) is 5.69 Å². The number of nitrogens with zero attached hydrogens (tertiary/aromatic N) is 1. The van der Waals surface area contributed by atoms with Crippen molar-refractivity contribution >= 4 is 5.91 Å². The van der Waals surface area contributed by atoms with Gasteiger partial charge in [-0.1, -0.05) is 6.07 Å². The summed E-state index contributed by atoms with van der Waals surface area (Å²) in [5, 5.41) is 0. The molecule has 0 unspecified atom stereocenters. The predicted octanol–water partition coefficient (Wildman–Crippen LogP) is 1.72. The summed E-state index contributed by atoms with van der Waals surface area (Å²) in [6, 6.07) is 8.09. The van der Waals surface area contributed by atoms with E-state index in [4.69, 9.17) is 5.73 Å². The molecular formula is C11H9FN2O. The lowest BCUT2D eigenvalue weighted by atomic mass is 10.1. The molecule has 3 nitrogen and oxygen atoms in total. The van der Waals surface area contributed by atoms with Gasteiger partial charge in [-0.2, -0.15) is 0 Å². The van der Waals surface area contributed by atoms with Crippen LogP contribution < -0.4 is 5.73 Å². The van der Waals surface area contributed by atoms with E-state index in [0.717, 1.165) is 0 Å². The zero-order valence-corrected chi connectivity index (χ0v) is 7.85. The molecule has 0 spiro atoms. The molecule has 0 saturated heterocycles. The van der Waals surface area contributed by atoms with Crippen LogP contribution in [-0.4, -0.2) is 10.5 Å². The van der Waals surface area contributed by atoms with Crippen molar-refractivity contribution in [3.05, 3.63) is 54.1 Å². The molecule has 0 saturated carbocycles. The maximum atomic E-state index is 13.8. The van der Waals surface area contributed by atoms with Gasteiger partial charge >= 0.3 is 0 Å². The van der Waals surface area contributed by atoms with Crippen LogP contribution in [0, 0.1) is 5.82 Å². The summed E-state index contributed by atoms with van der Waals surface area (Å²) in [7, 11) is 0. The monoisotopic (exact) mass is 204 g/mol. The molecule has 1 aromatic heterocycles. The van der Waals surface area contributed by atoms with E-state index < -0.39 is 11.7 Å². The Balaban J connectivity index is 2.59. The van der Waals surface area contributed by atoms with E-state index >= 15 is 0 Å². The highest BCUT2D eigenvalue weighted by Crippen LogP contribution is 2.16. The zero-order chi connectivity index (χ0) is 10.8. The molecule has 0 fully saturated rings. The van der Waals surface area contributed by atoms with Crippen LogP contribution in [0.3, 0.4) is 0 Å². The van der Waals surface area contributed by atoms with E-state index in [-0.39, 0.29) is 5.56 Å². The highest BCUT2D eigenvalue weighted by atomic mass is 19.1. The summed E-state index contributed by atoms with van der Waals surface area (Å²) in [5.74, 6) is -1.36. The van der Waals surface area contributed by atoms with Gasteiger partial charge in [0.2, 0.25) is 0 Å². The van der Waals surface area contributed by atoms with Crippen LogP contribution in [0.2, 0.25) is 0 Å². The number of rotatable bonds is 2. The lowest BCUT2D eigenvalue weighted by Gasteiger charge is -2.06. The van der Waals surface area contributed by atoms with Gasteiger partial charge in [0.25, 0.3) is 5.91 Å². The van der Waals surface area contributed by atoms with Gasteiger partial charge < -0.3 is 10.3 Å². The predicted molar refractivity (Wildman–Crippen MR) is 54.2 cm³/mol. The summed E-state index contributed by atoms with van der Waals surface area (Å²) < 4.78 is 15.4. The van der Waals surface area contributed by atoms with Crippen molar-refractivity contribution in [1.82, 2.24) is 4.57 Å². The molecule has 0 aliphatic rings. The number of aromatic nitrogens is 1. The van der Waals surface area contributed by atoms with Crippen molar-refractivity contribution in [1.29, 1.82) is 0 Å². The lowest BCUT2D eigenvalue weighted by molar-refractivity contribution is 0.0996. The Hall–Kier alpha value is -2.10. The van der Waals surface area contributed by atoms with E-state index in [1.807, 2.05) is 0 Å². The number of carbonyl (C=O) groups excluding carboxylic acids is 1. The average Bonchev–Trinajstić information content (AvgIpc) is 2.70. The largest absolute Gasteiger partial charge is 0.366 e. The van der Waals surface area contributed by atoms with Gasteiger partial charge in [0.15, 0.2) is 5.82 Å². The molecule has 2 aromatic rings. The van der Waals surface area contributed by atoms with Gasteiger partial charge in [0, 0.05) is 12.4 Å². The molecule has 0 bridgehead atoms. The number of primary amides is 1. The van der Waals surface area contributed by atoms with Crippen LogP contribution in [0.15, 0.2) is 42.7 Å². The second-order valence-corrected chi connectivity index (χ2v) is 3.09. The Labute approximate surface area is 85.9 Å². The van der Waals surface area contributed by atoms with Gasteiger partial charge in [-0.3, -0.25) is 4.79 Å². The fourth-order valence-corrected chi connectivity index (χ4v) is 1.40. The van der Waals surface area contributed by atoms with Gasteiger partial charge in [-0.05, 0) is 24.3 Å². The minimum atomic E-state index is -0.762. The first kappa shape index (κ1) is 9.45. The third-order valence-electron chi connectivity index (χ3n) is 2.13. The standard InChI is InChI=1S/C11H9FN2O/c12-10-8(11(13)15)4-3-5-9(10)14-6-1-2-7-14/h1-7H,(H2,13,15). The van der Waals surface area contributed by atoms with Crippen molar-refractivity contribution in [2.24, 2.45) is 5.73 Å². The molecule has 2 N–H and O–H groups in total. The Morgan fingerprint density at radius 3 is 2.47 bits per heavy atom. The molecular weight excluding hydrogens is 195 g/mol. The minimum absolute atomic E-state index is 0.0961. The first-order valence-electron chi connectivity index (χ1n) is 4.42. The Bertz CT molecular complexity index is 491. The van der Waals surface area contributed by atoms with Gasteiger partial charge in [0.1, 0.15) is 0 Å². The van der Waals surface area contributed by atoms with Crippen LogP contribution in [0.4, 0.5) is 4.39 Å². The normalized spacial score (nSPS) is 10.2. The molecule has 2 rings (SSSR count). The van der Waals surface area contributed by atoms with Crippen molar-refractivity contribution in [2.75, 3.05) is 0 Å². The number of hydrogen-bond donors (Lipinski definition) is 1. The molecule has 1 heterocycles. The van der Waals surface area contributed by atoms with Crippen LogP contribution in [0.1, 0.15) is 10.4 Å². The van der Waals surface area contributed by atoms with Crippen molar-refractivity contribution in [2.45, 2.75) is 0 Å². The van der Waals surface area contributed by atoms with Gasteiger partial charge in [-0.15, -0.1) is 0 Å². The number of benzene rings is 1. The van der Waals surface area contributed by atoms with E-state index in [0.29, 0.717) is 5.69 Å². The number of hydrogen-bond acceptors (Lipinski definition) is 1. The molecule has 0 aliphatic carbocycles. The molecule has 0 atom stereocenters. The topological polar surface area (TPSA) is 48.0 Å². The fourth-order valence-electron chi connectivity index (χ4n) is 1.40. The lowest BCUT2D eigenvalue weighted by Crippen LogP contribution is -2.14. The summed E-state index contributed by atoms with van der Waals surface area (Å²) in [4.78, 5) is 10.9. The van der Waals surface area contributed by atoms with E-state index in [2.05, 4.69) is 0 Å². The molecule has 0 radical (unpaired) electrons. The van der Waals surface area contributed by atoms with Crippen LogP contribution in [-0.2, 0) is 0 Å². The second kappa shape index (κ2) is 3.57. The first-order valence-corrected chi connectivity index (χ1v) is 4.42. The number of halogens is 1. The third-order valence-corrected chi connectivity index (χ3v) is 2.13. The summed E-state index contributed by atoms with van der Waals surface area (Å²) >= 11 is 0. The summed E-state index contributed by atoms with van der Waals surface area (Å²) in [6.45, 7) is 0. The molecule has 1 amide bonds. The Morgan fingerprint density at radius 2 is 1.87 bits per heavy atom. The molecule has 4 heteroatoms. The fraction of sp³-hybridized carbons (Fsp3) is 0. The zero-order valence-electron chi connectivity index (χ0n) is 7.85. The van der Waals surface area contributed by atoms with Gasteiger partial charge in [-0.25, -0.2) is 4.39 Å².